The maximum Gasteiger partial charge on any atom is 0.191 e. The molecule has 0 amide bonds. The summed E-state index contributed by atoms with van der Waals surface area (Å²) in [5.41, 5.74) is 1.37. The SMILES string of the molecule is CCNC(=NCCOc1cccc(C(C)(C)C)c1)NC1CCc2nc(COC)nn2C1. The Morgan fingerprint density at radius 1 is 1.32 bits per heavy atom. The topological polar surface area (TPSA) is 85.6 Å². The lowest BCUT2D eigenvalue weighted by Crippen LogP contribution is -2.47. The number of benzene rings is 1. The third-order valence-electron chi connectivity index (χ3n) is 5.19. The average Bonchev–Trinajstić information content (AvgIpc) is 3.13. The monoisotopic (exact) mass is 428 g/mol. The van der Waals surface area contributed by atoms with E-state index in [1.54, 1.807) is 7.11 Å². The quantitative estimate of drug-likeness (QED) is 0.382. The van der Waals surface area contributed by atoms with Crippen molar-refractivity contribution in [1.82, 2.24) is 25.4 Å². The number of ether oxygens (including phenoxy) is 2. The van der Waals surface area contributed by atoms with E-state index < -0.39 is 0 Å². The summed E-state index contributed by atoms with van der Waals surface area (Å²) < 4.78 is 13.1. The van der Waals surface area contributed by atoms with Gasteiger partial charge in [0.2, 0.25) is 0 Å². The molecule has 2 N–H and O–H groups in total. The van der Waals surface area contributed by atoms with Gasteiger partial charge in [0.25, 0.3) is 0 Å². The van der Waals surface area contributed by atoms with Crippen LogP contribution in [0.1, 0.15) is 51.3 Å². The second kappa shape index (κ2) is 10.6. The van der Waals surface area contributed by atoms with Gasteiger partial charge in [-0.25, -0.2) is 14.7 Å². The highest BCUT2D eigenvalue weighted by atomic mass is 16.5. The van der Waals surface area contributed by atoms with Crippen LogP contribution in [0.2, 0.25) is 0 Å². The molecule has 3 rings (SSSR count). The Kier molecular flexibility index (Phi) is 7.90. The predicted octanol–water partition coefficient (Wildman–Crippen LogP) is 2.67. The molecule has 1 aromatic carbocycles. The molecule has 1 aromatic heterocycles. The fraction of sp³-hybridized carbons (Fsp3) is 0.609. The van der Waals surface area contributed by atoms with Gasteiger partial charge in [0.1, 0.15) is 24.8 Å². The zero-order valence-electron chi connectivity index (χ0n) is 19.4. The number of aliphatic imine (C=N–C) groups is 1. The van der Waals surface area contributed by atoms with Crippen LogP contribution in [0.15, 0.2) is 29.3 Å². The summed E-state index contributed by atoms with van der Waals surface area (Å²) in [5.74, 6) is 3.46. The van der Waals surface area contributed by atoms with Gasteiger partial charge in [-0.2, -0.15) is 5.10 Å². The first-order valence-electron chi connectivity index (χ1n) is 11.1. The first-order valence-corrected chi connectivity index (χ1v) is 11.1. The third-order valence-corrected chi connectivity index (χ3v) is 5.19. The molecule has 31 heavy (non-hydrogen) atoms. The van der Waals surface area contributed by atoms with Gasteiger partial charge in [0.15, 0.2) is 11.8 Å². The van der Waals surface area contributed by atoms with Crippen LogP contribution >= 0.6 is 0 Å². The summed E-state index contributed by atoms with van der Waals surface area (Å²) >= 11 is 0. The lowest BCUT2D eigenvalue weighted by molar-refractivity contribution is 0.177. The van der Waals surface area contributed by atoms with E-state index in [0.29, 0.717) is 19.8 Å². The van der Waals surface area contributed by atoms with Crippen molar-refractivity contribution in [2.24, 2.45) is 4.99 Å². The summed E-state index contributed by atoms with van der Waals surface area (Å²) in [4.78, 5) is 9.23. The van der Waals surface area contributed by atoms with E-state index in [0.717, 1.165) is 49.3 Å². The van der Waals surface area contributed by atoms with Crippen LogP contribution in [0, 0.1) is 0 Å². The molecule has 8 heteroatoms. The lowest BCUT2D eigenvalue weighted by Gasteiger charge is -2.25. The summed E-state index contributed by atoms with van der Waals surface area (Å²) in [6.45, 7) is 11.8. The molecular formula is C23H36N6O2. The molecule has 0 saturated carbocycles. The summed E-state index contributed by atoms with van der Waals surface area (Å²) in [6.07, 6.45) is 1.88. The Bertz CT molecular complexity index is 871. The van der Waals surface area contributed by atoms with Crippen molar-refractivity contribution in [3.63, 3.8) is 0 Å². The molecule has 8 nitrogen and oxygen atoms in total. The van der Waals surface area contributed by atoms with Gasteiger partial charge in [0.05, 0.1) is 13.1 Å². The smallest absolute Gasteiger partial charge is 0.191 e. The number of fused-ring (bicyclic) bond motifs is 1. The molecule has 1 aliphatic rings. The first-order chi connectivity index (χ1) is 14.9. The molecule has 170 valence electrons. The molecule has 1 atom stereocenters. The van der Waals surface area contributed by atoms with Gasteiger partial charge in [-0.1, -0.05) is 32.9 Å². The van der Waals surface area contributed by atoms with Crippen molar-refractivity contribution in [2.75, 3.05) is 26.8 Å². The van der Waals surface area contributed by atoms with Crippen LogP contribution in [-0.4, -0.2) is 53.6 Å². The second-order valence-electron chi connectivity index (χ2n) is 8.83. The van der Waals surface area contributed by atoms with E-state index in [1.165, 1.54) is 5.56 Å². The third kappa shape index (κ3) is 6.69. The van der Waals surface area contributed by atoms with Crippen LogP contribution in [0.5, 0.6) is 5.75 Å². The Labute approximate surface area is 185 Å². The molecule has 0 radical (unpaired) electrons. The van der Waals surface area contributed by atoms with E-state index in [9.17, 15) is 0 Å². The summed E-state index contributed by atoms with van der Waals surface area (Å²) in [7, 11) is 1.66. The van der Waals surface area contributed by atoms with E-state index >= 15 is 0 Å². The van der Waals surface area contributed by atoms with Crippen molar-refractivity contribution in [3.8, 4) is 5.75 Å². The summed E-state index contributed by atoms with van der Waals surface area (Å²) in [5, 5.41) is 11.4. The second-order valence-corrected chi connectivity index (χ2v) is 8.83. The number of hydrogen-bond acceptors (Lipinski definition) is 5. The van der Waals surface area contributed by atoms with Crippen molar-refractivity contribution in [2.45, 2.75) is 65.1 Å². The van der Waals surface area contributed by atoms with Crippen molar-refractivity contribution in [1.29, 1.82) is 0 Å². The number of nitrogens with zero attached hydrogens (tertiary/aromatic N) is 4. The number of aromatic nitrogens is 3. The molecule has 1 aliphatic heterocycles. The van der Waals surface area contributed by atoms with Gasteiger partial charge >= 0.3 is 0 Å². The normalized spacial score (nSPS) is 16.7. The highest BCUT2D eigenvalue weighted by molar-refractivity contribution is 5.80. The summed E-state index contributed by atoms with van der Waals surface area (Å²) in [6, 6.07) is 8.55. The predicted molar refractivity (Wildman–Crippen MR) is 123 cm³/mol. The Morgan fingerprint density at radius 3 is 2.90 bits per heavy atom. The van der Waals surface area contributed by atoms with Crippen LogP contribution in [0.25, 0.3) is 0 Å². The zero-order valence-corrected chi connectivity index (χ0v) is 19.4. The molecule has 0 fully saturated rings. The minimum absolute atomic E-state index is 0.105. The van der Waals surface area contributed by atoms with Gasteiger partial charge in [-0.05, 0) is 36.5 Å². The van der Waals surface area contributed by atoms with Gasteiger partial charge in [-0.15, -0.1) is 0 Å². The number of guanidine groups is 1. The molecule has 1 unspecified atom stereocenters. The average molecular weight is 429 g/mol. The molecule has 0 spiro atoms. The van der Waals surface area contributed by atoms with E-state index in [1.807, 2.05) is 16.8 Å². The van der Waals surface area contributed by atoms with Crippen LogP contribution in [0.3, 0.4) is 0 Å². The number of methoxy groups -OCH3 is 1. The minimum atomic E-state index is 0.105. The Hall–Kier alpha value is -2.61. The van der Waals surface area contributed by atoms with Gasteiger partial charge < -0.3 is 20.1 Å². The molecule has 0 bridgehead atoms. The van der Waals surface area contributed by atoms with Gasteiger partial charge in [0, 0.05) is 26.1 Å². The lowest BCUT2D eigenvalue weighted by atomic mass is 9.87. The first kappa shape index (κ1) is 23.1. The van der Waals surface area contributed by atoms with Crippen molar-refractivity contribution >= 4 is 5.96 Å². The molecule has 2 aromatic rings. The fourth-order valence-electron chi connectivity index (χ4n) is 3.56. The Balaban J connectivity index is 1.52. The molecular weight excluding hydrogens is 392 g/mol. The standard InChI is InChI=1S/C23H36N6O2/c1-6-24-22(25-12-13-31-19-9-7-8-17(14-19)23(2,3)4)26-18-10-11-21-27-20(16-30-5)28-29(21)15-18/h7-9,14,18H,6,10-13,15-16H2,1-5H3,(H2,24,25,26). The minimum Gasteiger partial charge on any atom is -0.492 e. The maximum atomic E-state index is 5.94. The van der Waals surface area contributed by atoms with E-state index in [2.05, 4.69) is 65.5 Å². The van der Waals surface area contributed by atoms with E-state index in [-0.39, 0.29) is 11.5 Å². The molecule has 0 saturated heterocycles. The van der Waals surface area contributed by atoms with Crippen LogP contribution < -0.4 is 15.4 Å². The van der Waals surface area contributed by atoms with Crippen molar-refractivity contribution in [3.05, 3.63) is 41.5 Å². The van der Waals surface area contributed by atoms with E-state index in [4.69, 9.17) is 9.47 Å². The fourth-order valence-corrected chi connectivity index (χ4v) is 3.56. The maximum absolute atomic E-state index is 5.94. The largest absolute Gasteiger partial charge is 0.492 e. The Morgan fingerprint density at radius 2 is 2.16 bits per heavy atom. The van der Waals surface area contributed by atoms with Gasteiger partial charge in [-0.3, -0.25) is 0 Å². The number of aryl methyl sites for hydroxylation is 1. The zero-order chi connectivity index (χ0) is 22.3. The van der Waals surface area contributed by atoms with Crippen molar-refractivity contribution < 1.29 is 9.47 Å². The highest BCUT2D eigenvalue weighted by Crippen LogP contribution is 2.25. The molecule has 0 aliphatic carbocycles. The number of nitrogens with one attached hydrogen (secondary N) is 2. The number of rotatable bonds is 8. The molecule has 2 heterocycles. The van der Waals surface area contributed by atoms with Crippen LogP contribution in [0.4, 0.5) is 0 Å². The van der Waals surface area contributed by atoms with Crippen LogP contribution in [-0.2, 0) is 29.7 Å². The number of hydrogen-bond donors (Lipinski definition) is 2. The highest BCUT2D eigenvalue weighted by Gasteiger charge is 2.22.